The van der Waals surface area contributed by atoms with Gasteiger partial charge in [0.1, 0.15) is 23.9 Å². The Kier molecular flexibility index (Phi) is 6.87. The van der Waals surface area contributed by atoms with Gasteiger partial charge in [-0.15, -0.1) is 0 Å². The second-order valence-electron chi connectivity index (χ2n) is 6.23. The molecule has 7 heteroatoms. The maximum Gasteiger partial charge on any atom is 0.252 e. The van der Waals surface area contributed by atoms with Gasteiger partial charge in [-0.05, 0) is 49.2 Å². The second-order valence-corrected chi connectivity index (χ2v) is 6.23. The number of aromatic nitrogens is 1. The number of hydrogen-bond donors (Lipinski definition) is 2. The van der Waals surface area contributed by atoms with Crippen LogP contribution in [0, 0.1) is 0 Å². The molecular formula is C20H25N3O4. The number of anilines is 1. The molecule has 1 aromatic carbocycles. The summed E-state index contributed by atoms with van der Waals surface area (Å²) < 4.78 is 16.2. The lowest BCUT2D eigenvalue weighted by Gasteiger charge is -2.11. The second kappa shape index (κ2) is 9.78. The van der Waals surface area contributed by atoms with Crippen LogP contribution < -0.4 is 20.1 Å². The average molecular weight is 371 g/mol. The lowest BCUT2D eigenvalue weighted by atomic mass is 10.2. The molecule has 0 radical (unpaired) electrons. The standard InChI is InChI=1S/C20H25N3O4/c1-25-16-5-7-17(8-6-16)27-12-10-21-20(24)15-4-9-19(22-13-15)23-14-18-3-2-11-26-18/h4-9,13,18H,2-3,10-12,14H2,1H3,(H,21,24)(H,22,23). The van der Waals surface area contributed by atoms with Crippen LogP contribution in [0.4, 0.5) is 5.82 Å². The molecule has 2 N–H and O–H groups in total. The molecule has 0 aliphatic carbocycles. The predicted molar refractivity (Wildman–Crippen MR) is 103 cm³/mol. The van der Waals surface area contributed by atoms with E-state index >= 15 is 0 Å². The largest absolute Gasteiger partial charge is 0.497 e. The number of nitrogens with one attached hydrogen (secondary N) is 2. The third-order valence-electron chi connectivity index (χ3n) is 4.28. The van der Waals surface area contributed by atoms with Gasteiger partial charge in [0.25, 0.3) is 5.91 Å². The van der Waals surface area contributed by atoms with Crippen LogP contribution in [0.3, 0.4) is 0 Å². The third kappa shape index (κ3) is 5.86. The Balaban J connectivity index is 1.37. The van der Waals surface area contributed by atoms with E-state index in [2.05, 4.69) is 15.6 Å². The van der Waals surface area contributed by atoms with Crippen molar-refractivity contribution in [2.24, 2.45) is 0 Å². The molecule has 0 spiro atoms. The average Bonchev–Trinajstić information content (AvgIpc) is 3.24. The predicted octanol–water partition coefficient (Wildman–Crippen LogP) is 2.49. The number of methoxy groups -OCH3 is 1. The minimum atomic E-state index is -0.175. The van der Waals surface area contributed by atoms with Crippen molar-refractivity contribution in [1.29, 1.82) is 0 Å². The Morgan fingerprint density at radius 1 is 1.22 bits per heavy atom. The summed E-state index contributed by atoms with van der Waals surface area (Å²) in [6.45, 7) is 2.36. The van der Waals surface area contributed by atoms with Gasteiger partial charge in [0.2, 0.25) is 0 Å². The van der Waals surface area contributed by atoms with E-state index < -0.39 is 0 Å². The maximum atomic E-state index is 12.2. The molecule has 2 heterocycles. The zero-order valence-corrected chi connectivity index (χ0v) is 15.4. The number of pyridine rings is 1. The molecule has 1 atom stereocenters. The molecule has 1 aromatic heterocycles. The van der Waals surface area contributed by atoms with E-state index in [1.807, 2.05) is 24.3 Å². The van der Waals surface area contributed by atoms with Crippen LogP contribution in [0.5, 0.6) is 11.5 Å². The Bertz CT molecular complexity index is 713. The molecule has 144 valence electrons. The minimum Gasteiger partial charge on any atom is -0.497 e. The lowest BCUT2D eigenvalue weighted by Crippen LogP contribution is -2.28. The highest BCUT2D eigenvalue weighted by Gasteiger charge is 2.15. The van der Waals surface area contributed by atoms with E-state index in [0.29, 0.717) is 18.7 Å². The molecular weight excluding hydrogens is 346 g/mol. The molecule has 1 fully saturated rings. The highest BCUT2D eigenvalue weighted by atomic mass is 16.5. The van der Waals surface area contributed by atoms with Crippen molar-refractivity contribution >= 4 is 11.7 Å². The van der Waals surface area contributed by atoms with Crippen LogP contribution in [-0.4, -0.2) is 50.4 Å². The number of carbonyl (C=O) groups is 1. The summed E-state index contributed by atoms with van der Waals surface area (Å²) in [4.78, 5) is 16.4. The monoisotopic (exact) mass is 371 g/mol. The number of carbonyl (C=O) groups excluding carboxylic acids is 1. The van der Waals surface area contributed by atoms with Gasteiger partial charge in [0, 0.05) is 19.3 Å². The number of hydrogen-bond acceptors (Lipinski definition) is 6. The van der Waals surface area contributed by atoms with Gasteiger partial charge >= 0.3 is 0 Å². The van der Waals surface area contributed by atoms with Gasteiger partial charge in [-0.1, -0.05) is 0 Å². The van der Waals surface area contributed by atoms with E-state index in [4.69, 9.17) is 14.2 Å². The maximum absolute atomic E-state index is 12.2. The van der Waals surface area contributed by atoms with Crippen molar-refractivity contribution in [2.45, 2.75) is 18.9 Å². The van der Waals surface area contributed by atoms with Crippen molar-refractivity contribution < 1.29 is 19.0 Å². The Morgan fingerprint density at radius 2 is 2.04 bits per heavy atom. The fraction of sp³-hybridized carbons (Fsp3) is 0.400. The van der Waals surface area contributed by atoms with E-state index in [9.17, 15) is 4.79 Å². The van der Waals surface area contributed by atoms with E-state index in [-0.39, 0.29) is 12.0 Å². The molecule has 7 nitrogen and oxygen atoms in total. The third-order valence-corrected chi connectivity index (χ3v) is 4.28. The summed E-state index contributed by atoms with van der Waals surface area (Å²) >= 11 is 0. The Morgan fingerprint density at radius 3 is 2.70 bits per heavy atom. The topological polar surface area (TPSA) is 81.7 Å². The summed E-state index contributed by atoms with van der Waals surface area (Å²) in [5.74, 6) is 2.07. The SMILES string of the molecule is COc1ccc(OCCNC(=O)c2ccc(NCC3CCCO3)nc2)cc1. The van der Waals surface area contributed by atoms with E-state index in [0.717, 1.165) is 43.3 Å². The first-order valence-electron chi connectivity index (χ1n) is 9.11. The summed E-state index contributed by atoms with van der Waals surface area (Å²) in [6.07, 6.45) is 4.01. The Hall–Kier alpha value is -2.80. The molecule has 1 aliphatic rings. The summed E-state index contributed by atoms with van der Waals surface area (Å²) in [7, 11) is 1.62. The highest BCUT2D eigenvalue weighted by molar-refractivity contribution is 5.94. The summed E-state index contributed by atoms with van der Waals surface area (Å²) in [5.41, 5.74) is 0.516. The van der Waals surface area contributed by atoms with Crippen molar-refractivity contribution in [3.8, 4) is 11.5 Å². The molecule has 1 unspecified atom stereocenters. The number of rotatable bonds is 9. The lowest BCUT2D eigenvalue weighted by molar-refractivity contribution is 0.0946. The van der Waals surface area contributed by atoms with Crippen LogP contribution >= 0.6 is 0 Å². The van der Waals surface area contributed by atoms with Crippen LogP contribution in [0.1, 0.15) is 23.2 Å². The fourth-order valence-electron chi connectivity index (χ4n) is 2.76. The van der Waals surface area contributed by atoms with Crippen LogP contribution in [-0.2, 0) is 4.74 Å². The molecule has 0 bridgehead atoms. The molecule has 1 aliphatic heterocycles. The first-order chi connectivity index (χ1) is 13.2. The van der Waals surface area contributed by atoms with Gasteiger partial charge in [0.05, 0.1) is 25.3 Å². The fourth-order valence-corrected chi connectivity index (χ4v) is 2.76. The van der Waals surface area contributed by atoms with Crippen molar-refractivity contribution in [2.75, 3.05) is 38.7 Å². The summed E-state index contributed by atoms with van der Waals surface area (Å²) in [5, 5.41) is 6.05. The van der Waals surface area contributed by atoms with E-state index in [1.165, 1.54) is 0 Å². The van der Waals surface area contributed by atoms with Gasteiger partial charge in [-0.3, -0.25) is 4.79 Å². The van der Waals surface area contributed by atoms with Gasteiger partial charge in [-0.25, -0.2) is 4.98 Å². The van der Waals surface area contributed by atoms with Gasteiger partial charge < -0.3 is 24.8 Å². The van der Waals surface area contributed by atoms with Crippen molar-refractivity contribution in [1.82, 2.24) is 10.3 Å². The molecule has 0 saturated carbocycles. The smallest absolute Gasteiger partial charge is 0.252 e. The van der Waals surface area contributed by atoms with Crippen LogP contribution in [0.25, 0.3) is 0 Å². The van der Waals surface area contributed by atoms with Gasteiger partial charge in [0.15, 0.2) is 0 Å². The Labute approximate surface area is 159 Å². The van der Waals surface area contributed by atoms with Crippen molar-refractivity contribution in [3.63, 3.8) is 0 Å². The normalized spacial score (nSPS) is 16.0. The van der Waals surface area contributed by atoms with Gasteiger partial charge in [-0.2, -0.15) is 0 Å². The number of nitrogens with zero attached hydrogens (tertiary/aromatic N) is 1. The van der Waals surface area contributed by atoms with Crippen LogP contribution in [0.2, 0.25) is 0 Å². The molecule has 2 aromatic rings. The molecule has 1 amide bonds. The number of amides is 1. The molecule has 3 rings (SSSR count). The van der Waals surface area contributed by atoms with E-state index in [1.54, 1.807) is 25.4 Å². The molecule has 1 saturated heterocycles. The van der Waals surface area contributed by atoms with Crippen molar-refractivity contribution in [3.05, 3.63) is 48.2 Å². The first-order valence-corrected chi connectivity index (χ1v) is 9.11. The number of ether oxygens (including phenoxy) is 3. The molecule has 27 heavy (non-hydrogen) atoms. The highest BCUT2D eigenvalue weighted by Crippen LogP contribution is 2.16. The minimum absolute atomic E-state index is 0.175. The van der Waals surface area contributed by atoms with Crippen LogP contribution in [0.15, 0.2) is 42.6 Å². The zero-order valence-electron chi connectivity index (χ0n) is 15.4. The zero-order chi connectivity index (χ0) is 18.9. The number of benzene rings is 1. The first kappa shape index (κ1) is 19.0. The summed E-state index contributed by atoms with van der Waals surface area (Å²) in [6, 6.07) is 10.9. The quantitative estimate of drug-likeness (QED) is 0.659.